The smallest absolute Gasteiger partial charge is 0.119 e. The van der Waals surface area contributed by atoms with E-state index in [-0.39, 0.29) is 0 Å². The molecule has 1 aliphatic carbocycles. The van der Waals surface area contributed by atoms with Gasteiger partial charge in [0.25, 0.3) is 0 Å². The molecule has 0 unspecified atom stereocenters. The summed E-state index contributed by atoms with van der Waals surface area (Å²) in [5.41, 5.74) is 1.16. The standard InChI is InChI=1S/C17H26ClNO/c1-2-14-13-16(9-10-17(14)18)20-12-6-4-3-5-11-19-15-7-8-15/h9-10,13,15,19H,2-8,11-12H2,1H3. The predicted molar refractivity (Wildman–Crippen MR) is 85.8 cm³/mol. The van der Waals surface area contributed by atoms with Gasteiger partial charge in [0.2, 0.25) is 0 Å². The van der Waals surface area contributed by atoms with Crippen LogP contribution in [-0.4, -0.2) is 19.2 Å². The van der Waals surface area contributed by atoms with Crippen LogP contribution in [-0.2, 0) is 6.42 Å². The molecule has 0 heterocycles. The van der Waals surface area contributed by atoms with Crippen molar-refractivity contribution in [1.29, 1.82) is 0 Å². The highest BCUT2D eigenvalue weighted by molar-refractivity contribution is 6.31. The maximum Gasteiger partial charge on any atom is 0.119 e. The van der Waals surface area contributed by atoms with E-state index in [0.717, 1.165) is 41.8 Å². The van der Waals surface area contributed by atoms with E-state index >= 15 is 0 Å². The Hall–Kier alpha value is -0.730. The predicted octanol–water partition coefficient (Wildman–Crippen LogP) is 4.59. The van der Waals surface area contributed by atoms with E-state index in [0.29, 0.717) is 0 Å². The highest BCUT2D eigenvalue weighted by Crippen LogP contribution is 2.22. The van der Waals surface area contributed by atoms with Crippen LogP contribution in [0.4, 0.5) is 0 Å². The van der Waals surface area contributed by atoms with E-state index in [1.54, 1.807) is 0 Å². The van der Waals surface area contributed by atoms with Crippen LogP contribution >= 0.6 is 11.6 Å². The largest absolute Gasteiger partial charge is 0.494 e. The molecule has 0 atom stereocenters. The van der Waals surface area contributed by atoms with Gasteiger partial charge < -0.3 is 10.1 Å². The van der Waals surface area contributed by atoms with Gasteiger partial charge in [-0.15, -0.1) is 0 Å². The molecule has 1 fully saturated rings. The average molecular weight is 296 g/mol. The number of hydrogen-bond acceptors (Lipinski definition) is 2. The Morgan fingerprint density at radius 2 is 2.00 bits per heavy atom. The summed E-state index contributed by atoms with van der Waals surface area (Å²) in [5, 5.41) is 4.38. The molecule has 1 saturated carbocycles. The first-order chi connectivity index (χ1) is 9.79. The lowest BCUT2D eigenvalue weighted by atomic mass is 10.1. The van der Waals surface area contributed by atoms with Crippen molar-refractivity contribution in [1.82, 2.24) is 5.32 Å². The Morgan fingerprint density at radius 3 is 2.75 bits per heavy atom. The molecule has 1 N–H and O–H groups in total. The highest BCUT2D eigenvalue weighted by atomic mass is 35.5. The molecule has 0 radical (unpaired) electrons. The van der Waals surface area contributed by atoms with Crippen molar-refractivity contribution in [2.24, 2.45) is 0 Å². The van der Waals surface area contributed by atoms with Crippen molar-refractivity contribution in [3.8, 4) is 5.75 Å². The summed E-state index contributed by atoms with van der Waals surface area (Å²) >= 11 is 6.09. The molecule has 3 heteroatoms. The topological polar surface area (TPSA) is 21.3 Å². The number of ether oxygens (including phenoxy) is 1. The van der Waals surface area contributed by atoms with Crippen molar-refractivity contribution in [2.45, 2.75) is 57.9 Å². The number of aryl methyl sites for hydroxylation is 1. The number of benzene rings is 1. The zero-order valence-electron chi connectivity index (χ0n) is 12.5. The lowest BCUT2D eigenvalue weighted by Gasteiger charge is -2.09. The Bertz CT molecular complexity index is 404. The van der Waals surface area contributed by atoms with Crippen LogP contribution in [0.25, 0.3) is 0 Å². The third-order valence-corrected chi connectivity index (χ3v) is 4.12. The summed E-state index contributed by atoms with van der Waals surface area (Å²) in [4.78, 5) is 0. The molecule has 2 rings (SSSR count). The van der Waals surface area contributed by atoms with Crippen LogP contribution in [0.15, 0.2) is 18.2 Å². The minimum atomic E-state index is 0.806. The van der Waals surface area contributed by atoms with Crippen LogP contribution in [0.3, 0.4) is 0 Å². The molecule has 0 amide bonds. The molecule has 2 nitrogen and oxygen atoms in total. The maximum absolute atomic E-state index is 6.09. The minimum absolute atomic E-state index is 0.806. The molecule has 1 aliphatic rings. The van der Waals surface area contributed by atoms with E-state index in [1.807, 2.05) is 12.1 Å². The molecule has 1 aromatic carbocycles. The molecular weight excluding hydrogens is 270 g/mol. The summed E-state index contributed by atoms with van der Waals surface area (Å²) in [6, 6.07) is 6.79. The third kappa shape index (κ3) is 5.72. The number of unbranched alkanes of at least 4 members (excludes halogenated alkanes) is 3. The van der Waals surface area contributed by atoms with E-state index in [4.69, 9.17) is 16.3 Å². The first-order valence-corrected chi connectivity index (χ1v) is 8.32. The minimum Gasteiger partial charge on any atom is -0.494 e. The summed E-state index contributed by atoms with van der Waals surface area (Å²) in [7, 11) is 0. The van der Waals surface area contributed by atoms with Crippen LogP contribution < -0.4 is 10.1 Å². The first-order valence-electron chi connectivity index (χ1n) is 7.94. The number of hydrogen-bond donors (Lipinski definition) is 1. The van der Waals surface area contributed by atoms with Crippen LogP contribution in [0.2, 0.25) is 5.02 Å². The molecule has 0 bridgehead atoms. The maximum atomic E-state index is 6.09. The fourth-order valence-corrected chi connectivity index (χ4v) is 2.53. The van der Waals surface area contributed by atoms with Gasteiger partial charge in [0.15, 0.2) is 0 Å². The quantitative estimate of drug-likeness (QED) is 0.637. The summed E-state index contributed by atoms with van der Waals surface area (Å²) < 4.78 is 5.78. The Morgan fingerprint density at radius 1 is 1.20 bits per heavy atom. The first kappa shape index (κ1) is 15.7. The zero-order valence-corrected chi connectivity index (χ0v) is 13.2. The fraction of sp³-hybridized carbons (Fsp3) is 0.647. The summed E-state index contributed by atoms with van der Waals surface area (Å²) in [5.74, 6) is 0.946. The Kier molecular flexibility index (Phi) is 6.68. The highest BCUT2D eigenvalue weighted by Gasteiger charge is 2.19. The van der Waals surface area contributed by atoms with Gasteiger partial charge >= 0.3 is 0 Å². The van der Waals surface area contributed by atoms with Gasteiger partial charge in [0, 0.05) is 11.1 Å². The molecule has 0 aromatic heterocycles. The average Bonchev–Trinajstić information content (AvgIpc) is 3.27. The van der Waals surface area contributed by atoms with Gasteiger partial charge in [-0.3, -0.25) is 0 Å². The number of halogens is 1. The van der Waals surface area contributed by atoms with Crippen molar-refractivity contribution < 1.29 is 4.74 Å². The third-order valence-electron chi connectivity index (χ3n) is 3.75. The van der Waals surface area contributed by atoms with Gasteiger partial charge in [-0.1, -0.05) is 31.4 Å². The van der Waals surface area contributed by atoms with Gasteiger partial charge in [-0.25, -0.2) is 0 Å². The normalized spacial score (nSPS) is 14.5. The number of rotatable bonds is 10. The van der Waals surface area contributed by atoms with Gasteiger partial charge in [-0.05, 0) is 62.4 Å². The van der Waals surface area contributed by atoms with Crippen LogP contribution in [0.5, 0.6) is 5.75 Å². The second-order valence-corrected chi connectivity index (χ2v) is 6.01. The summed E-state index contributed by atoms with van der Waals surface area (Å²) in [6.45, 7) is 4.10. The van der Waals surface area contributed by atoms with Crippen molar-refractivity contribution in [3.63, 3.8) is 0 Å². The molecular formula is C17H26ClNO. The molecule has 20 heavy (non-hydrogen) atoms. The fourth-order valence-electron chi connectivity index (χ4n) is 2.28. The second-order valence-electron chi connectivity index (χ2n) is 5.60. The van der Waals surface area contributed by atoms with E-state index < -0.39 is 0 Å². The molecule has 0 saturated heterocycles. The van der Waals surface area contributed by atoms with E-state index in [2.05, 4.69) is 18.3 Å². The Labute approximate surface area is 127 Å². The second kappa shape index (κ2) is 8.53. The van der Waals surface area contributed by atoms with E-state index in [1.165, 1.54) is 38.6 Å². The monoisotopic (exact) mass is 295 g/mol. The molecule has 112 valence electrons. The van der Waals surface area contributed by atoms with E-state index in [9.17, 15) is 0 Å². The molecule has 0 aliphatic heterocycles. The lowest BCUT2D eigenvalue weighted by molar-refractivity contribution is 0.304. The Balaban J connectivity index is 1.51. The van der Waals surface area contributed by atoms with Gasteiger partial charge in [0.1, 0.15) is 5.75 Å². The number of nitrogens with one attached hydrogen (secondary N) is 1. The van der Waals surface area contributed by atoms with Crippen LogP contribution in [0, 0.1) is 0 Å². The zero-order chi connectivity index (χ0) is 14.2. The molecule has 0 spiro atoms. The molecule has 1 aromatic rings. The SMILES string of the molecule is CCc1cc(OCCCCCCNC2CC2)ccc1Cl. The lowest BCUT2D eigenvalue weighted by Crippen LogP contribution is -2.17. The van der Waals surface area contributed by atoms with Gasteiger partial charge in [-0.2, -0.15) is 0 Å². The summed E-state index contributed by atoms with van der Waals surface area (Å²) in [6.07, 6.45) is 8.68. The van der Waals surface area contributed by atoms with Crippen LogP contribution in [0.1, 0.15) is 51.0 Å². The van der Waals surface area contributed by atoms with Gasteiger partial charge in [0.05, 0.1) is 6.61 Å². The van der Waals surface area contributed by atoms with Crippen molar-refractivity contribution in [2.75, 3.05) is 13.2 Å². The van der Waals surface area contributed by atoms with Crippen molar-refractivity contribution >= 4 is 11.6 Å². The van der Waals surface area contributed by atoms with Crippen molar-refractivity contribution in [3.05, 3.63) is 28.8 Å².